The van der Waals surface area contributed by atoms with E-state index in [4.69, 9.17) is 10.8 Å². The van der Waals surface area contributed by atoms with Gasteiger partial charge in [0.15, 0.2) is 5.82 Å². The van der Waals surface area contributed by atoms with E-state index >= 15 is 0 Å². The number of hydrogen-bond donors (Lipinski definition) is 2. The number of benzene rings is 1. The van der Waals surface area contributed by atoms with Crippen LogP contribution in [0.25, 0.3) is 27.5 Å². The Morgan fingerprint density at radius 2 is 1.97 bits per heavy atom. The standard InChI is InChI=1S/C23H27N7/c24-23-22-19(11-21(30(22)27-14-26-23)16-6-8-25-9-7-16)17-4-5-18-13-29(28-20(18)10-17)12-15-2-1-3-15/h4-5,10-11,13-16,25H,1-3,6-9,12H2,(H2,24,26,27). The van der Waals surface area contributed by atoms with E-state index in [2.05, 4.69) is 50.5 Å². The van der Waals surface area contributed by atoms with Crippen LogP contribution < -0.4 is 11.1 Å². The lowest BCUT2D eigenvalue weighted by Gasteiger charge is -2.24. The van der Waals surface area contributed by atoms with Crippen molar-refractivity contribution in [2.45, 2.75) is 44.6 Å². The first kappa shape index (κ1) is 17.9. The van der Waals surface area contributed by atoms with E-state index in [0.29, 0.717) is 11.7 Å². The highest BCUT2D eigenvalue weighted by Crippen LogP contribution is 2.36. The van der Waals surface area contributed by atoms with Crippen LogP contribution in [0.2, 0.25) is 0 Å². The number of aromatic nitrogens is 5. The smallest absolute Gasteiger partial charge is 0.151 e. The Morgan fingerprint density at radius 3 is 2.77 bits per heavy atom. The molecule has 0 radical (unpaired) electrons. The summed E-state index contributed by atoms with van der Waals surface area (Å²) in [5, 5.41) is 14.1. The molecule has 3 N–H and O–H groups in total. The predicted molar refractivity (Wildman–Crippen MR) is 118 cm³/mol. The summed E-state index contributed by atoms with van der Waals surface area (Å²) in [7, 11) is 0. The lowest BCUT2D eigenvalue weighted by Crippen LogP contribution is -2.27. The average molecular weight is 402 g/mol. The maximum Gasteiger partial charge on any atom is 0.151 e. The van der Waals surface area contributed by atoms with Gasteiger partial charge in [0.2, 0.25) is 0 Å². The van der Waals surface area contributed by atoms with Crippen molar-refractivity contribution in [3.8, 4) is 11.1 Å². The normalized spacial score (nSPS) is 18.3. The minimum atomic E-state index is 0.479. The number of fused-ring (bicyclic) bond motifs is 2. The summed E-state index contributed by atoms with van der Waals surface area (Å²) in [6.45, 7) is 3.11. The van der Waals surface area contributed by atoms with Gasteiger partial charge in [0.25, 0.3) is 0 Å². The van der Waals surface area contributed by atoms with Crippen LogP contribution in [0.5, 0.6) is 0 Å². The lowest BCUT2D eigenvalue weighted by atomic mass is 9.85. The largest absolute Gasteiger partial charge is 0.382 e. The number of piperidine rings is 1. The van der Waals surface area contributed by atoms with Crippen molar-refractivity contribution in [2.75, 3.05) is 18.8 Å². The summed E-state index contributed by atoms with van der Waals surface area (Å²) in [5.74, 6) is 1.79. The molecule has 6 rings (SSSR count). The second kappa shape index (κ2) is 7.09. The topological polar surface area (TPSA) is 86.1 Å². The number of anilines is 1. The summed E-state index contributed by atoms with van der Waals surface area (Å²) in [6, 6.07) is 8.79. The minimum Gasteiger partial charge on any atom is -0.382 e. The molecule has 0 amide bonds. The zero-order chi connectivity index (χ0) is 20.1. The van der Waals surface area contributed by atoms with Crippen molar-refractivity contribution in [1.29, 1.82) is 0 Å². The van der Waals surface area contributed by atoms with Crippen molar-refractivity contribution < 1.29 is 0 Å². The van der Waals surface area contributed by atoms with Gasteiger partial charge in [0.1, 0.15) is 11.8 Å². The zero-order valence-electron chi connectivity index (χ0n) is 17.1. The van der Waals surface area contributed by atoms with E-state index in [-0.39, 0.29) is 0 Å². The second-order valence-corrected chi connectivity index (χ2v) is 8.83. The molecule has 1 aliphatic carbocycles. The zero-order valence-corrected chi connectivity index (χ0v) is 17.1. The lowest BCUT2D eigenvalue weighted by molar-refractivity contribution is 0.267. The second-order valence-electron chi connectivity index (χ2n) is 8.83. The molecular formula is C23H27N7. The number of nitrogens with two attached hydrogens (primary N) is 1. The van der Waals surface area contributed by atoms with Gasteiger partial charge in [0.05, 0.1) is 5.52 Å². The first-order chi connectivity index (χ1) is 14.8. The molecular weight excluding hydrogens is 374 g/mol. The Balaban J connectivity index is 1.44. The van der Waals surface area contributed by atoms with E-state index in [0.717, 1.165) is 60.6 Å². The average Bonchev–Trinajstić information content (AvgIpc) is 3.33. The number of rotatable bonds is 4. The molecule has 2 aliphatic rings. The third-order valence-corrected chi connectivity index (χ3v) is 6.90. The molecule has 0 atom stereocenters. The molecule has 0 spiro atoms. The highest BCUT2D eigenvalue weighted by Gasteiger charge is 2.23. The summed E-state index contributed by atoms with van der Waals surface area (Å²) in [6.07, 6.45) is 9.98. The van der Waals surface area contributed by atoms with Crippen LogP contribution in [0.3, 0.4) is 0 Å². The summed E-state index contributed by atoms with van der Waals surface area (Å²) < 4.78 is 4.13. The maximum atomic E-state index is 6.33. The SMILES string of the molecule is Nc1ncnn2c(C3CCNCC3)cc(-c3ccc4cn(CC5CCC5)nc4c3)c12. The van der Waals surface area contributed by atoms with Gasteiger partial charge in [-0.3, -0.25) is 4.68 Å². The van der Waals surface area contributed by atoms with Crippen molar-refractivity contribution in [3.63, 3.8) is 0 Å². The van der Waals surface area contributed by atoms with Gasteiger partial charge < -0.3 is 11.1 Å². The Hall–Kier alpha value is -2.93. The molecule has 7 nitrogen and oxygen atoms in total. The molecule has 4 heterocycles. The molecule has 1 saturated carbocycles. The first-order valence-corrected chi connectivity index (χ1v) is 11.1. The van der Waals surface area contributed by atoms with E-state index < -0.39 is 0 Å². The molecule has 2 fully saturated rings. The molecule has 30 heavy (non-hydrogen) atoms. The van der Waals surface area contributed by atoms with Crippen molar-refractivity contribution in [1.82, 2.24) is 29.7 Å². The predicted octanol–water partition coefficient (Wildman–Crippen LogP) is 3.60. The van der Waals surface area contributed by atoms with Crippen LogP contribution in [-0.4, -0.2) is 37.5 Å². The molecule has 0 unspecified atom stereocenters. The monoisotopic (exact) mass is 401 g/mol. The van der Waals surface area contributed by atoms with Gasteiger partial charge in [-0.15, -0.1) is 0 Å². The molecule has 0 bridgehead atoms. The fourth-order valence-electron chi connectivity index (χ4n) is 4.99. The van der Waals surface area contributed by atoms with Crippen molar-refractivity contribution >= 4 is 22.2 Å². The molecule has 3 aromatic heterocycles. The molecule has 1 aliphatic heterocycles. The van der Waals surface area contributed by atoms with Crippen LogP contribution in [0, 0.1) is 5.92 Å². The maximum absolute atomic E-state index is 6.33. The van der Waals surface area contributed by atoms with Gasteiger partial charge in [-0.2, -0.15) is 10.2 Å². The van der Waals surface area contributed by atoms with E-state index in [9.17, 15) is 0 Å². The highest BCUT2D eigenvalue weighted by molar-refractivity contribution is 5.92. The van der Waals surface area contributed by atoms with Gasteiger partial charge in [-0.1, -0.05) is 18.6 Å². The Bertz CT molecular complexity index is 1210. The summed E-state index contributed by atoms with van der Waals surface area (Å²) in [5.41, 5.74) is 11.7. The third kappa shape index (κ3) is 2.96. The van der Waals surface area contributed by atoms with Crippen LogP contribution in [0.1, 0.15) is 43.7 Å². The molecule has 1 aromatic carbocycles. The minimum absolute atomic E-state index is 0.479. The van der Waals surface area contributed by atoms with Crippen molar-refractivity contribution in [2.24, 2.45) is 5.92 Å². The molecule has 7 heteroatoms. The van der Waals surface area contributed by atoms with Crippen LogP contribution in [0.4, 0.5) is 5.82 Å². The number of nitrogens with one attached hydrogen (secondary N) is 1. The number of nitrogens with zero attached hydrogens (tertiary/aromatic N) is 5. The van der Waals surface area contributed by atoms with E-state index in [1.54, 1.807) is 6.33 Å². The molecule has 1 saturated heterocycles. The third-order valence-electron chi connectivity index (χ3n) is 6.90. The van der Waals surface area contributed by atoms with Crippen LogP contribution in [0.15, 0.2) is 36.8 Å². The molecule has 4 aromatic rings. The number of nitrogen functional groups attached to an aromatic ring is 1. The summed E-state index contributed by atoms with van der Waals surface area (Å²) >= 11 is 0. The molecule has 154 valence electrons. The fourth-order valence-corrected chi connectivity index (χ4v) is 4.99. The van der Waals surface area contributed by atoms with Gasteiger partial charge in [0, 0.05) is 35.3 Å². The van der Waals surface area contributed by atoms with Crippen LogP contribution >= 0.6 is 0 Å². The van der Waals surface area contributed by atoms with Crippen LogP contribution in [-0.2, 0) is 6.54 Å². The summed E-state index contributed by atoms with van der Waals surface area (Å²) in [4.78, 5) is 4.28. The first-order valence-electron chi connectivity index (χ1n) is 11.1. The van der Waals surface area contributed by atoms with Gasteiger partial charge in [-0.05, 0) is 62.4 Å². The Labute approximate surface area is 175 Å². The Kier molecular flexibility index (Phi) is 4.23. The van der Waals surface area contributed by atoms with Gasteiger partial charge >= 0.3 is 0 Å². The Morgan fingerprint density at radius 1 is 1.10 bits per heavy atom. The highest BCUT2D eigenvalue weighted by atomic mass is 15.3. The van der Waals surface area contributed by atoms with Gasteiger partial charge in [-0.25, -0.2) is 9.50 Å². The van der Waals surface area contributed by atoms with E-state index in [1.807, 2.05) is 4.52 Å². The quantitative estimate of drug-likeness (QED) is 0.546. The fraction of sp³-hybridized carbons (Fsp3) is 0.435. The van der Waals surface area contributed by atoms with Crippen molar-refractivity contribution in [3.05, 3.63) is 42.5 Å². The number of hydrogen-bond acceptors (Lipinski definition) is 5. The van der Waals surface area contributed by atoms with E-state index in [1.165, 1.54) is 30.3 Å².